The standard InChI is InChI=1S/C37H37ClN2O3S/c1-3-4-5-9-26(25-43-33-14-20-39-32-15-21-44-34(32)33)22-28-23-27-10-6-7-13-31(27)36(28)16-18-37(19-17-36,35(41)42-2)40-30-12-8-11-29(38)24-30/h6-8,10-15,20-21,23-24,26,40H,3-4,16-19,22,25H2,1-2H3/t26-,36?,37?/m0/s1. The van der Waals surface area contributed by atoms with Gasteiger partial charge in [-0.1, -0.05) is 66.4 Å². The Morgan fingerprint density at radius 1 is 1.11 bits per heavy atom. The first kappa shape index (κ1) is 30.2. The molecule has 7 heteroatoms. The number of methoxy groups -OCH3 is 1. The van der Waals surface area contributed by atoms with Crippen LogP contribution in [0.3, 0.4) is 0 Å². The summed E-state index contributed by atoms with van der Waals surface area (Å²) in [4.78, 5) is 17.8. The van der Waals surface area contributed by atoms with Crippen molar-refractivity contribution in [1.29, 1.82) is 0 Å². The topological polar surface area (TPSA) is 60.5 Å². The number of hydrogen-bond acceptors (Lipinski definition) is 6. The fourth-order valence-corrected chi connectivity index (χ4v) is 7.84. The van der Waals surface area contributed by atoms with E-state index in [-0.39, 0.29) is 17.3 Å². The molecule has 1 fully saturated rings. The number of esters is 1. The van der Waals surface area contributed by atoms with Gasteiger partial charge in [0.2, 0.25) is 0 Å². The SMILES string of the molecule is CCCC#C[C@H](COc1ccnc2ccsc12)CC1=Cc2ccccc2C12CCC(Nc1cccc(Cl)c1)(C(=O)OC)CC2. The second-order valence-electron chi connectivity index (χ2n) is 11.8. The fourth-order valence-electron chi connectivity index (χ4n) is 6.84. The average Bonchev–Trinajstić information content (AvgIpc) is 3.64. The molecule has 0 aliphatic heterocycles. The van der Waals surface area contributed by atoms with Crippen LogP contribution in [0.5, 0.6) is 5.75 Å². The molecule has 1 spiro atoms. The molecule has 0 saturated heterocycles. The number of unbranched alkanes of at least 4 members (excludes halogenated alkanes) is 1. The van der Waals surface area contributed by atoms with Gasteiger partial charge < -0.3 is 14.8 Å². The summed E-state index contributed by atoms with van der Waals surface area (Å²) in [5, 5.41) is 6.21. The van der Waals surface area contributed by atoms with Crippen molar-refractivity contribution in [1.82, 2.24) is 4.98 Å². The Morgan fingerprint density at radius 3 is 2.75 bits per heavy atom. The monoisotopic (exact) mass is 624 g/mol. The van der Waals surface area contributed by atoms with Crippen molar-refractivity contribution < 1.29 is 14.3 Å². The average molecular weight is 625 g/mol. The number of halogens is 1. The van der Waals surface area contributed by atoms with Gasteiger partial charge in [0.05, 0.1) is 23.2 Å². The highest BCUT2D eigenvalue weighted by molar-refractivity contribution is 7.17. The molecule has 2 heterocycles. The first-order valence-electron chi connectivity index (χ1n) is 15.3. The fraction of sp³-hybridized carbons (Fsp3) is 0.351. The van der Waals surface area contributed by atoms with Gasteiger partial charge in [-0.2, -0.15) is 0 Å². The maximum atomic E-state index is 13.4. The smallest absolute Gasteiger partial charge is 0.331 e. The van der Waals surface area contributed by atoms with Crippen LogP contribution in [0.15, 0.2) is 77.8 Å². The third-order valence-electron chi connectivity index (χ3n) is 9.06. The number of carbonyl (C=O) groups excluding carboxylic acids is 1. The molecule has 5 nitrogen and oxygen atoms in total. The molecule has 1 atom stereocenters. The van der Waals surface area contributed by atoms with Crippen molar-refractivity contribution in [2.24, 2.45) is 5.92 Å². The van der Waals surface area contributed by atoms with Gasteiger partial charge in [0.25, 0.3) is 0 Å². The van der Waals surface area contributed by atoms with E-state index in [1.165, 1.54) is 23.8 Å². The number of thiophene rings is 1. The lowest BCUT2D eigenvalue weighted by Gasteiger charge is -2.46. The quantitative estimate of drug-likeness (QED) is 0.149. The summed E-state index contributed by atoms with van der Waals surface area (Å²) in [6.45, 7) is 2.66. The number of carbonyl (C=O) groups is 1. The summed E-state index contributed by atoms with van der Waals surface area (Å²) in [5.41, 5.74) is 4.74. The zero-order valence-electron chi connectivity index (χ0n) is 25.2. The van der Waals surface area contributed by atoms with Crippen molar-refractivity contribution in [2.45, 2.75) is 62.8 Å². The Balaban J connectivity index is 1.28. The Kier molecular flexibility index (Phi) is 8.98. The number of pyridine rings is 1. The normalized spacial score (nSPS) is 21.2. The number of nitrogens with zero attached hydrogens (tertiary/aromatic N) is 1. The molecule has 226 valence electrons. The van der Waals surface area contributed by atoms with Gasteiger partial charge in [-0.05, 0) is 85.4 Å². The van der Waals surface area contributed by atoms with E-state index >= 15 is 0 Å². The molecule has 0 bridgehead atoms. The van der Waals surface area contributed by atoms with Gasteiger partial charge in [-0.25, -0.2) is 4.79 Å². The number of benzene rings is 2. The number of hydrogen-bond donors (Lipinski definition) is 1. The molecule has 2 aliphatic rings. The summed E-state index contributed by atoms with van der Waals surface area (Å²) in [7, 11) is 1.47. The van der Waals surface area contributed by atoms with E-state index < -0.39 is 5.54 Å². The molecular weight excluding hydrogens is 588 g/mol. The Labute approximate surface area is 268 Å². The Bertz CT molecular complexity index is 1740. The zero-order valence-corrected chi connectivity index (χ0v) is 26.8. The predicted octanol–water partition coefficient (Wildman–Crippen LogP) is 9.07. The lowest BCUT2D eigenvalue weighted by atomic mass is 9.61. The van der Waals surface area contributed by atoms with E-state index in [0.717, 1.165) is 53.8 Å². The van der Waals surface area contributed by atoms with Crippen LogP contribution < -0.4 is 10.1 Å². The molecule has 44 heavy (non-hydrogen) atoms. The molecule has 2 aliphatic carbocycles. The second kappa shape index (κ2) is 13.1. The van der Waals surface area contributed by atoms with Gasteiger partial charge in [0, 0.05) is 28.7 Å². The lowest BCUT2D eigenvalue weighted by molar-refractivity contribution is -0.147. The number of rotatable bonds is 9. The van der Waals surface area contributed by atoms with Crippen LogP contribution in [0.25, 0.3) is 16.3 Å². The van der Waals surface area contributed by atoms with Crippen LogP contribution in [0.4, 0.5) is 5.69 Å². The number of allylic oxidation sites excluding steroid dienone is 1. The Morgan fingerprint density at radius 2 is 1.95 bits per heavy atom. The lowest BCUT2D eigenvalue weighted by Crippen LogP contribution is -2.52. The summed E-state index contributed by atoms with van der Waals surface area (Å²) in [6.07, 6.45) is 9.75. The largest absolute Gasteiger partial charge is 0.491 e. The van der Waals surface area contributed by atoms with E-state index in [1.807, 2.05) is 41.8 Å². The zero-order chi connectivity index (χ0) is 30.6. The summed E-state index contributed by atoms with van der Waals surface area (Å²) >= 11 is 7.94. The molecule has 2 aromatic heterocycles. The minimum Gasteiger partial charge on any atom is -0.491 e. The van der Waals surface area contributed by atoms with Gasteiger partial charge >= 0.3 is 5.97 Å². The van der Waals surface area contributed by atoms with E-state index in [9.17, 15) is 4.79 Å². The van der Waals surface area contributed by atoms with Crippen LogP contribution >= 0.6 is 22.9 Å². The van der Waals surface area contributed by atoms with E-state index in [0.29, 0.717) is 24.5 Å². The van der Waals surface area contributed by atoms with Gasteiger partial charge in [0.15, 0.2) is 0 Å². The highest BCUT2D eigenvalue weighted by Gasteiger charge is 2.52. The number of fused-ring (bicyclic) bond motifs is 3. The van der Waals surface area contributed by atoms with Crippen molar-refractivity contribution in [2.75, 3.05) is 19.0 Å². The first-order chi connectivity index (χ1) is 21.5. The van der Waals surface area contributed by atoms with Crippen LogP contribution in [-0.2, 0) is 14.9 Å². The molecule has 4 aromatic rings. The second-order valence-corrected chi connectivity index (χ2v) is 13.1. The minimum absolute atomic E-state index is 0.0269. The molecule has 1 N–H and O–H groups in total. The molecular formula is C37H37ClN2O3S. The molecule has 0 unspecified atom stereocenters. The van der Waals surface area contributed by atoms with Crippen LogP contribution in [0.2, 0.25) is 5.02 Å². The van der Waals surface area contributed by atoms with Gasteiger partial charge in [0.1, 0.15) is 17.9 Å². The van der Waals surface area contributed by atoms with E-state index in [2.05, 4.69) is 59.4 Å². The minimum atomic E-state index is -0.829. The highest BCUT2D eigenvalue weighted by atomic mass is 35.5. The van der Waals surface area contributed by atoms with E-state index in [4.69, 9.17) is 21.1 Å². The van der Waals surface area contributed by atoms with Crippen molar-refractivity contribution in [3.05, 3.63) is 94.0 Å². The van der Waals surface area contributed by atoms with Crippen molar-refractivity contribution >= 4 is 50.9 Å². The Hall–Kier alpha value is -3.79. The molecule has 2 aromatic carbocycles. The summed E-state index contributed by atoms with van der Waals surface area (Å²) in [6, 6.07) is 20.2. The number of aromatic nitrogens is 1. The molecule has 1 saturated carbocycles. The predicted molar refractivity (Wildman–Crippen MR) is 180 cm³/mol. The van der Waals surface area contributed by atoms with Crippen LogP contribution in [0.1, 0.15) is 63.0 Å². The number of nitrogens with one attached hydrogen (secondary N) is 1. The van der Waals surface area contributed by atoms with Crippen LogP contribution in [0, 0.1) is 17.8 Å². The molecule has 0 amide bonds. The van der Waals surface area contributed by atoms with Gasteiger partial charge in [-0.15, -0.1) is 17.3 Å². The van der Waals surface area contributed by atoms with Crippen molar-refractivity contribution in [3.63, 3.8) is 0 Å². The summed E-state index contributed by atoms with van der Waals surface area (Å²) < 4.78 is 12.9. The van der Waals surface area contributed by atoms with Crippen LogP contribution in [-0.4, -0.2) is 30.2 Å². The van der Waals surface area contributed by atoms with Gasteiger partial charge in [-0.3, -0.25) is 4.98 Å². The molecule has 6 rings (SSSR count). The highest BCUT2D eigenvalue weighted by Crippen LogP contribution is 2.55. The maximum Gasteiger partial charge on any atom is 0.331 e. The third-order valence-corrected chi connectivity index (χ3v) is 10.2. The number of ether oxygens (including phenoxy) is 2. The summed E-state index contributed by atoms with van der Waals surface area (Å²) in [5.74, 6) is 7.62. The third kappa shape index (κ3) is 5.96. The maximum absolute atomic E-state index is 13.4. The van der Waals surface area contributed by atoms with Crippen molar-refractivity contribution in [3.8, 4) is 17.6 Å². The number of anilines is 1. The molecule has 0 radical (unpaired) electrons. The first-order valence-corrected chi connectivity index (χ1v) is 16.6. The van der Waals surface area contributed by atoms with E-state index in [1.54, 1.807) is 17.5 Å².